The number of benzene rings is 3. The molecular formula is C48H48F2N10O5. The van der Waals surface area contributed by atoms with E-state index in [0.29, 0.717) is 76.9 Å². The lowest BCUT2D eigenvalue weighted by atomic mass is 9.83. The van der Waals surface area contributed by atoms with Gasteiger partial charge in [0.2, 0.25) is 0 Å². The Morgan fingerprint density at radius 2 is 1.68 bits per heavy atom. The van der Waals surface area contributed by atoms with Crippen molar-refractivity contribution in [2.75, 3.05) is 13.2 Å². The number of H-pyrrole nitrogens is 1. The van der Waals surface area contributed by atoms with Crippen molar-refractivity contribution in [1.82, 2.24) is 48.3 Å². The SMILES string of the molecule is Cc1cc(-n2nc3c(c2-n2ccn(-c4ccc5c(cnn5C)c4F)c2=O)[C@@H](C)N(C(=O)c2cc4cc([C@H]5CCOC(C)(C)C5)ccc4n2[C@]2(c4noc(=O)[nH]4)C[C@H]2C)CC3)cc(C)c1F. The molecule has 334 valence electrons. The maximum atomic E-state index is 16.1. The number of carbonyl (C=O) groups is 1. The third kappa shape index (κ3) is 6.14. The highest BCUT2D eigenvalue weighted by molar-refractivity contribution is 6.00. The van der Waals surface area contributed by atoms with E-state index in [-0.39, 0.29) is 40.2 Å². The quantitative estimate of drug-likeness (QED) is 0.173. The van der Waals surface area contributed by atoms with Gasteiger partial charge in [-0.3, -0.25) is 28.1 Å². The Balaban J connectivity index is 1.06. The molecule has 5 aromatic heterocycles. The van der Waals surface area contributed by atoms with E-state index < -0.39 is 28.8 Å². The van der Waals surface area contributed by atoms with Crippen LogP contribution in [-0.2, 0) is 23.7 Å². The van der Waals surface area contributed by atoms with Crippen LogP contribution in [0.25, 0.3) is 39.0 Å². The fraction of sp³-hybridized carbons (Fsp3) is 0.375. The normalized spacial score (nSPS) is 21.7. The van der Waals surface area contributed by atoms with Crippen molar-refractivity contribution >= 4 is 27.7 Å². The summed E-state index contributed by atoms with van der Waals surface area (Å²) in [5, 5.41) is 14.6. The summed E-state index contributed by atoms with van der Waals surface area (Å²) in [6.45, 7) is 12.5. The molecule has 1 N–H and O–H groups in total. The van der Waals surface area contributed by atoms with Gasteiger partial charge in [0.15, 0.2) is 11.6 Å². The summed E-state index contributed by atoms with van der Waals surface area (Å²) < 4.78 is 50.2. The van der Waals surface area contributed by atoms with Crippen LogP contribution in [0.2, 0.25) is 0 Å². The molecule has 11 rings (SSSR count). The summed E-state index contributed by atoms with van der Waals surface area (Å²) in [6, 6.07) is 14.3. The number of aromatic nitrogens is 9. The van der Waals surface area contributed by atoms with Gasteiger partial charge in [-0.15, -0.1) is 0 Å². The fourth-order valence-corrected chi connectivity index (χ4v) is 10.8. The van der Waals surface area contributed by atoms with Crippen LogP contribution in [0.5, 0.6) is 0 Å². The molecule has 1 aliphatic carbocycles. The average Bonchev–Trinajstić information content (AvgIpc) is 3.90. The van der Waals surface area contributed by atoms with Crippen LogP contribution < -0.4 is 11.4 Å². The van der Waals surface area contributed by atoms with Crippen LogP contribution in [0, 0.1) is 31.4 Å². The maximum absolute atomic E-state index is 16.1. The number of amides is 1. The third-order valence-corrected chi connectivity index (χ3v) is 14.2. The Hall–Kier alpha value is -6.88. The van der Waals surface area contributed by atoms with E-state index in [1.165, 1.54) is 21.5 Å². The minimum absolute atomic E-state index is 0.00109. The number of imidazole rings is 1. The van der Waals surface area contributed by atoms with E-state index in [1.54, 1.807) is 65.6 Å². The number of fused-ring (bicyclic) bond motifs is 3. The van der Waals surface area contributed by atoms with E-state index in [0.717, 1.165) is 29.3 Å². The molecule has 0 spiro atoms. The maximum Gasteiger partial charge on any atom is 0.438 e. The Labute approximate surface area is 370 Å². The molecule has 3 aliphatic rings. The average molecular weight is 883 g/mol. The lowest BCUT2D eigenvalue weighted by molar-refractivity contribution is -0.0592. The number of aromatic amines is 1. The zero-order chi connectivity index (χ0) is 45.4. The number of halogens is 2. The number of ether oxygens (including phenoxy) is 1. The molecule has 2 aliphatic heterocycles. The van der Waals surface area contributed by atoms with Crippen LogP contribution in [-0.4, -0.2) is 73.0 Å². The molecule has 8 aromatic rings. The van der Waals surface area contributed by atoms with Crippen molar-refractivity contribution in [2.24, 2.45) is 13.0 Å². The molecule has 15 nitrogen and oxygen atoms in total. The molecule has 0 bridgehead atoms. The van der Waals surface area contributed by atoms with Crippen molar-refractivity contribution in [1.29, 1.82) is 0 Å². The summed E-state index contributed by atoms with van der Waals surface area (Å²) in [5.41, 5.74) is 3.92. The largest absolute Gasteiger partial charge is 0.438 e. The van der Waals surface area contributed by atoms with E-state index in [9.17, 15) is 9.59 Å². The number of carbonyl (C=O) groups excluding carboxylic acids is 1. The van der Waals surface area contributed by atoms with E-state index in [4.69, 9.17) is 14.4 Å². The van der Waals surface area contributed by atoms with Gasteiger partial charge in [0.1, 0.15) is 22.9 Å². The number of hydrogen-bond donors (Lipinski definition) is 1. The van der Waals surface area contributed by atoms with E-state index >= 15 is 13.6 Å². The number of rotatable bonds is 7. The molecule has 3 aromatic carbocycles. The van der Waals surface area contributed by atoms with Crippen molar-refractivity contribution in [3.05, 3.63) is 139 Å². The Kier molecular flexibility index (Phi) is 9.00. The molecule has 2 fully saturated rings. The van der Waals surface area contributed by atoms with Crippen LogP contribution in [0.15, 0.2) is 81.2 Å². The standard InChI is InChI=1S/C48H48F2N10O5/c1-25-18-32(19-26(2)40(25)49)60-42(58-16-15-57(46(58)63)37-11-10-36-33(41(37)50)24-51-55(36)7)39-28(4)56(14-12-34(39)53-60)43(61)38-21-31-20-29(30-13-17-64-47(5,6)23-30)8-9-35(31)59(38)48(22-27(48)3)44-52-45(62)65-54-44/h8-11,15-16,18-21,24,27-28,30H,12-14,17,22-23H2,1-7H3,(H,52,54,62)/t27-,28-,30+,48-/m1/s1. The number of aryl methyl sites for hydroxylation is 3. The molecule has 1 saturated carbocycles. The first-order valence-electron chi connectivity index (χ1n) is 22.0. The topological polar surface area (TPSA) is 156 Å². The summed E-state index contributed by atoms with van der Waals surface area (Å²) in [7, 11) is 1.72. The summed E-state index contributed by atoms with van der Waals surface area (Å²) in [5.74, 6) is -0.925. The number of nitrogens with zero attached hydrogens (tertiary/aromatic N) is 9. The summed E-state index contributed by atoms with van der Waals surface area (Å²) >= 11 is 0. The van der Waals surface area contributed by atoms with Gasteiger partial charge in [-0.05, 0) is 125 Å². The lowest BCUT2D eigenvalue weighted by Crippen LogP contribution is -2.41. The molecule has 0 radical (unpaired) electrons. The van der Waals surface area contributed by atoms with Gasteiger partial charge in [0.05, 0.1) is 45.8 Å². The van der Waals surface area contributed by atoms with E-state index in [1.807, 2.05) is 17.6 Å². The van der Waals surface area contributed by atoms with Gasteiger partial charge < -0.3 is 14.2 Å². The van der Waals surface area contributed by atoms with Gasteiger partial charge in [0.25, 0.3) is 5.91 Å². The monoisotopic (exact) mass is 882 g/mol. The van der Waals surface area contributed by atoms with Crippen molar-refractivity contribution in [3.63, 3.8) is 0 Å². The highest BCUT2D eigenvalue weighted by atomic mass is 19.1. The first-order valence-corrected chi connectivity index (χ1v) is 22.0. The molecule has 1 amide bonds. The molecular weight excluding hydrogens is 835 g/mol. The second-order valence-electron chi connectivity index (χ2n) is 18.8. The van der Waals surface area contributed by atoms with Gasteiger partial charge in [-0.1, -0.05) is 18.1 Å². The number of nitrogens with one attached hydrogen (secondary N) is 1. The third-order valence-electron chi connectivity index (χ3n) is 14.2. The smallest absolute Gasteiger partial charge is 0.376 e. The van der Waals surface area contributed by atoms with Crippen LogP contribution in [0.1, 0.15) is 103 Å². The zero-order valence-electron chi connectivity index (χ0n) is 37.1. The highest BCUT2D eigenvalue weighted by Crippen LogP contribution is 2.56. The molecule has 0 unspecified atom stereocenters. The van der Waals surface area contributed by atoms with Gasteiger partial charge >= 0.3 is 11.4 Å². The predicted octanol–water partition coefficient (Wildman–Crippen LogP) is 7.44. The molecule has 4 atom stereocenters. The zero-order valence-corrected chi connectivity index (χ0v) is 37.1. The first kappa shape index (κ1) is 40.9. The second kappa shape index (κ2) is 14.3. The van der Waals surface area contributed by atoms with Gasteiger partial charge in [-0.2, -0.15) is 10.2 Å². The Morgan fingerprint density at radius 1 is 0.938 bits per heavy atom. The lowest BCUT2D eigenvalue weighted by Gasteiger charge is -2.35. The van der Waals surface area contributed by atoms with Crippen LogP contribution in [0.4, 0.5) is 8.78 Å². The summed E-state index contributed by atoms with van der Waals surface area (Å²) in [6.07, 6.45) is 7.17. The first-order chi connectivity index (χ1) is 31.1. The molecule has 7 heterocycles. The van der Waals surface area contributed by atoms with Crippen molar-refractivity contribution in [3.8, 4) is 17.2 Å². The highest BCUT2D eigenvalue weighted by Gasteiger charge is 2.59. The van der Waals surface area contributed by atoms with Gasteiger partial charge in [0, 0.05) is 55.5 Å². The second-order valence-corrected chi connectivity index (χ2v) is 18.8. The Morgan fingerprint density at radius 3 is 2.38 bits per heavy atom. The Bertz CT molecular complexity index is 3380. The van der Waals surface area contributed by atoms with Gasteiger partial charge in [-0.25, -0.2) is 23.1 Å². The van der Waals surface area contributed by atoms with Crippen LogP contribution in [0.3, 0.4) is 0 Å². The minimum Gasteiger partial charge on any atom is -0.376 e. The molecule has 65 heavy (non-hydrogen) atoms. The van der Waals surface area contributed by atoms with Crippen molar-refractivity contribution in [2.45, 2.75) is 90.3 Å². The number of hydrogen-bond acceptors (Lipinski definition) is 8. The van der Waals surface area contributed by atoms with E-state index in [2.05, 4.69) is 54.2 Å². The summed E-state index contributed by atoms with van der Waals surface area (Å²) in [4.78, 5) is 47.2. The molecule has 17 heteroatoms. The predicted molar refractivity (Wildman–Crippen MR) is 237 cm³/mol. The van der Waals surface area contributed by atoms with Crippen LogP contribution >= 0.6 is 0 Å². The minimum atomic E-state index is -0.857. The fourth-order valence-electron chi connectivity index (χ4n) is 10.8. The van der Waals surface area contributed by atoms with Crippen molar-refractivity contribution < 1.29 is 22.8 Å². The molecule has 1 saturated heterocycles.